The number of nitrogens with one attached hydrogen (secondary N) is 1. The maximum atomic E-state index is 11.2. The fraction of sp³-hybridized carbons (Fsp3) is 0. The Bertz CT molecular complexity index is 1620. The molecule has 0 saturated heterocycles. The highest BCUT2D eigenvalue weighted by Gasteiger charge is 2.21. The Morgan fingerprint density at radius 1 is 0.737 bits per heavy atom. The molecule has 11 nitrogen and oxygen atoms in total. The van der Waals surface area contributed by atoms with E-state index in [0.29, 0.717) is 28.7 Å². The van der Waals surface area contributed by atoms with Crippen LogP contribution in [0.3, 0.4) is 0 Å². The van der Waals surface area contributed by atoms with Crippen molar-refractivity contribution in [3.8, 4) is 17.1 Å². The zero-order valence-corrected chi connectivity index (χ0v) is 19.7. The van der Waals surface area contributed by atoms with Crippen LogP contribution >= 0.6 is 0 Å². The molecule has 1 N–H and O–H groups in total. The van der Waals surface area contributed by atoms with Gasteiger partial charge in [-0.1, -0.05) is 60.7 Å². The lowest BCUT2D eigenvalue weighted by Crippen LogP contribution is -2.14. The first-order chi connectivity index (χ1) is 18.5. The van der Waals surface area contributed by atoms with E-state index >= 15 is 0 Å². The molecular weight excluding hydrogens is 486 g/mol. The van der Waals surface area contributed by atoms with Crippen LogP contribution in [0, 0.1) is 20.2 Å². The average Bonchev–Trinajstić information content (AvgIpc) is 3.40. The number of anilines is 1. The maximum Gasteiger partial charge on any atom is 0.269 e. The summed E-state index contributed by atoms with van der Waals surface area (Å²) in [5, 5.41) is 31.5. The van der Waals surface area contributed by atoms with Gasteiger partial charge in [-0.3, -0.25) is 25.7 Å². The van der Waals surface area contributed by atoms with Crippen LogP contribution in [-0.4, -0.2) is 30.3 Å². The molecule has 5 aromatic rings. The summed E-state index contributed by atoms with van der Waals surface area (Å²) >= 11 is 0. The van der Waals surface area contributed by atoms with Gasteiger partial charge in [-0.2, -0.15) is 5.10 Å². The summed E-state index contributed by atoms with van der Waals surface area (Å²) in [6.07, 6.45) is 0. The quantitative estimate of drug-likeness (QED) is 0.164. The number of benzene rings is 4. The Balaban J connectivity index is 1.64. The highest BCUT2D eigenvalue weighted by atomic mass is 16.6. The van der Waals surface area contributed by atoms with Gasteiger partial charge in [0.05, 0.1) is 21.2 Å². The van der Waals surface area contributed by atoms with Crippen LogP contribution in [0.4, 0.5) is 17.1 Å². The summed E-state index contributed by atoms with van der Waals surface area (Å²) < 4.78 is 1.58. The first kappa shape index (κ1) is 24.0. The first-order valence-corrected chi connectivity index (χ1v) is 11.4. The van der Waals surface area contributed by atoms with Crippen molar-refractivity contribution in [2.45, 2.75) is 0 Å². The molecule has 0 unspecified atom stereocenters. The van der Waals surface area contributed by atoms with Gasteiger partial charge in [0.2, 0.25) is 0 Å². The van der Waals surface area contributed by atoms with E-state index in [4.69, 9.17) is 10.1 Å². The smallest absolute Gasteiger partial charge is 0.269 e. The number of hydrogen-bond acceptors (Lipinski definition) is 8. The van der Waals surface area contributed by atoms with Crippen LogP contribution < -0.4 is 5.43 Å². The molecule has 0 atom stereocenters. The molecule has 0 spiro atoms. The lowest BCUT2D eigenvalue weighted by molar-refractivity contribution is -0.385. The molecule has 0 aliphatic carbocycles. The summed E-state index contributed by atoms with van der Waals surface area (Å²) in [7, 11) is 0. The Morgan fingerprint density at radius 3 is 1.87 bits per heavy atom. The van der Waals surface area contributed by atoms with Crippen molar-refractivity contribution in [3.05, 3.63) is 141 Å². The third-order valence-electron chi connectivity index (χ3n) is 5.58. The minimum atomic E-state index is -0.472. The predicted octanol–water partition coefficient (Wildman–Crippen LogP) is 5.62. The molecule has 0 radical (unpaired) electrons. The monoisotopic (exact) mass is 505 g/mol. The van der Waals surface area contributed by atoms with Crippen molar-refractivity contribution >= 4 is 22.8 Å². The van der Waals surface area contributed by atoms with Crippen molar-refractivity contribution in [2.75, 3.05) is 5.43 Å². The second-order valence-electron chi connectivity index (χ2n) is 8.05. The molecule has 5 rings (SSSR count). The van der Waals surface area contributed by atoms with Crippen molar-refractivity contribution in [1.82, 2.24) is 14.8 Å². The molecule has 0 saturated carbocycles. The molecule has 0 amide bonds. The second-order valence-corrected chi connectivity index (χ2v) is 8.05. The number of aromatic nitrogens is 3. The molecule has 1 heterocycles. The zero-order chi connectivity index (χ0) is 26.5. The molecule has 1 aromatic heterocycles. The highest BCUT2D eigenvalue weighted by molar-refractivity contribution is 6.11. The number of nitro benzene ring substituents is 2. The van der Waals surface area contributed by atoms with Gasteiger partial charge < -0.3 is 0 Å². The Kier molecular flexibility index (Phi) is 6.63. The molecular formula is C27H19N7O4. The van der Waals surface area contributed by atoms with Gasteiger partial charge in [0.15, 0.2) is 11.6 Å². The zero-order valence-electron chi connectivity index (χ0n) is 19.7. The predicted molar refractivity (Wildman–Crippen MR) is 142 cm³/mol. The van der Waals surface area contributed by atoms with Crippen LogP contribution in [0.25, 0.3) is 17.1 Å². The van der Waals surface area contributed by atoms with Crippen LogP contribution in [0.15, 0.2) is 114 Å². The number of nitrogens with zero attached hydrogens (tertiary/aromatic N) is 6. The summed E-state index contributed by atoms with van der Waals surface area (Å²) in [4.78, 5) is 26.0. The van der Waals surface area contributed by atoms with E-state index in [1.807, 2.05) is 60.7 Å². The summed E-state index contributed by atoms with van der Waals surface area (Å²) in [6.45, 7) is 0. The minimum absolute atomic E-state index is 0.0340. The van der Waals surface area contributed by atoms with Crippen LogP contribution in [0.5, 0.6) is 0 Å². The standard InChI is InChI=1S/C27H19N7O4/c35-33(36)23-13-11-21(12-14-23)29-30-25(19-7-3-1-4-8-19)27-28-26(20-9-5-2-6-10-20)31-32(27)22-15-17-24(18-16-22)34(37)38/h1-18,29H/b30-25+. The van der Waals surface area contributed by atoms with Crippen LogP contribution in [0.2, 0.25) is 0 Å². The molecule has 4 aromatic carbocycles. The van der Waals surface area contributed by atoms with Crippen molar-refractivity contribution in [2.24, 2.45) is 5.10 Å². The van der Waals surface area contributed by atoms with Crippen molar-refractivity contribution in [1.29, 1.82) is 0 Å². The lowest BCUT2D eigenvalue weighted by Gasteiger charge is -2.10. The Hall–Kier alpha value is -5.71. The van der Waals surface area contributed by atoms with Gasteiger partial charge >= 0.3 is 0 Å². The molecule has 0 aliphatic heterocycles. The third-order valence-corrected chi connectivity index (χ3v) is 5.58. The molecule has 0 aliphatic rings. The van der Waals surface area contributed by atoms with Gasteiger partial charge in [0.1, 0.15) is 5.71 Å². The number of rotatable bonds is 8. The lowest BCUT2D eigenvalue weighted by atomic mass is 10.1. The van der Waals surface area contributed by atoms with Gasteiger partial charge in [0.25, 0.3) is 11.4 Å². The molecule has 0 bridgehead atoms. The molecule has 186 valence electrons. The van der Waals surface area contributed by atoms with E-state index in [1.54, 1.807) is 28.9 Å². The van der Waals surface area contributed by atoms with E-state index in [2.05, 4.69) is 10.5 Å². The SMILES string of the molecule is O=[N+]([O-])c1ccc(N/N=C(\c2ccccc2)c2nc(-c3ccccc3)nn2-c2ccc([N+](=O)[O-])cc2)cc1. The van der Waals surface area contributed by atoms with E-state index in [0.717, 1.165) is 11.1 Å². The van der Waals surface area contributed by atoms with Crippen LogP contribution in [-0.2, 0) is 0 Å². The number of hydrazone groups is 1. The summed E-state index contributed by atoms with van der Waals surface area (Å²) in [5.41, 5.74) is 5.92. The summed E-state index contributed by atoms with van der Waals surface area (Å²) in [6, 6.07) is 30.6. The second kappa shape index (κ2) is 10.5. The Morgan fingerprint density at radius 2 is 1.29 bits per heavy atom. The number of non-ortho nitro benzene ring substituents is 2. The average molecular weight is 505 g/mol. The fourth-order valence-corrected chi connectivity index (χ4v) is 3.69. The number of nitro groups is 2. The summed E-state index contributed by atoms with van der Waals surface area (Å²) in [5.74, 6) is 0.830. The van der Waals surface area contributed by atoms with E-state index < -0.39 is 9.85 Å². The van der Waals surface area contributed by atoms with E-state index in [1.165, 1.54) is 24.3 Å². The van der Waals surface area contributed by atoms with E-state index in [9.17, 15) is 20.2 Å². The van der Waals surface area contributed by atoms with Crippen molar-refractivity contribution < 1.29 is 9.85 Å². The number of hydrogen-bond donors (Lipinski definition) is 1. The molecule has 11 heteroatoms. The van der Waals surface area contributed by atoms with Crippen molar-refractivity contribution in [3.63, 3.8) is 0 Å². The third kappa shape index (κ3) is 5.11. The maximum absolute atomic E-state index is 11.2. The van der Waals surface area contributed by atoms with Gasteiger partial charge in [-0.15, -0.1) is 5.10 Å². The molecule has 0 fully saturated rings. The fourth-order valence-electron chi connectivity index (χ4n) is 3.69. The van der Waals surface area contributed by atoms with Gasteiger partial charge in [0, 0.05) is 35.4 Å². The van der Waals surface area contributed by atoms with Gasteiger partial charge in [-0.25, -0.2) is 9.67 Å². The normalized spacial score (nSPS) is 11.2. The van der Waals surface area contributed by atoms with Gasteiger partial charge in [-0.05, 0) is 24.3 Å². The first-order valence-electron chi connectivity index (χ1n) is 11.4. The minimum Gasteiger partial charge on any atom is -0.278 e. The van der Waals surface area contributed by atoms with Crippen LogP contribution in [0.1, 0.15) is 11.4 Å². The molecule has 38 heavy (non-hydrogen) atoms. The Labute approximate surface area is 216 Å². The largest absolute Gasteiger partial charge is 0.278 e. The van der Waals surface area contributed by atoms with E-state index in [-0.39, 0.29) is 11.4 Å². The topological polar surface area (TPSA) is 141 Å². The highest BCUT2D eigenvalue weighted by Crippen LogP contribution is 2.23.